The Morgan fingerprint density at radius 3 is 2.42 bits per heavy atom. The second kappa shape index (κ2) is 8.38. The quantitative estimate of drug-likeness (QED) is 0.745. The molecule has 1 aromatic rings. The number of methoxy groups -OCH3 is 1. The van der Waals surface area contributed by atoms with Gasteiger partial charge in [0.05, 0.1) is 12.4 Å². The van der Waals surface area contributed by atoms with E-state index in [1.165, 1.54) is 6.07 Å². The number of ether oxygens (including phenoxy) is 1. The lowest BCUT2D eigenvalue weighted by atomic mass is 10.1. The number of benzene rings is 1. The van der Waals surface area contributed by atoms with E-state index in [2.05, 4.69) is 4.90 Å². The van der Waals surface area contributed by atoms with Crippen LogP contribution in [0.4, 0.5) is 4.39 Å². The van der Waals surface area contributed by atoms with E-state index in [1.807, 2.05) is 13.8 Å². The Morgan fingerprint density at radius 2 is 1.83 bits per heavy atom. The third-order valence-corrected chi connectivity index (χ3v) is 6.41. The molecular weight excluding hydrogens is 331 g/mol. The van der Waals surface area contributed by atoms with Crippen molar-refractivity contribution >= 4 is 10.0 Å². The molecule has 1 aromatic carbocycles. The van der Waals surface area contributed by atoms with Gasteiger partial charge in [-0.15, -0.1) is 0 Å². The van der Waals surface area contributed by atoms with E-state index in [0.29, 0.717) is 25.3 Å². The van der Waals surface area contributed by atoms with Crippen LogP contribution in [0.3, 0.4) is 0 Å². The van der Waals surface area contributed by atoms with Gasteiger partial charge >= 0.3 is 0 Å². The van der Waals surface area contributed by atoms with Gasteiger partial charge in [0.15, 0.2) is 0 Å². The van der Waals surface area contributed by atoms with Gasteiger partial charge in [-0.1, -0.05) is 18.2 Å². The molecule has 0 amide bonds. The summed E-state index contributed by atoms with van der Waals surface area (Å²) in [5, 5.41) is 0. The number of rotatable bonds is 7. The summed E-state index contributed by atoms with van der Waals surface area (Å²) in [4.78, 5) is 2.27. The van der Waals surface area contributed by atoms with Crippen LogP contribution in [0.25, 0.3) is 0 Å². The predicted octanol–water partition coefficient (Wildman–Crippen LogP) is 1.74. The summed E-state index contributed by atoms with van der Waals surface area (Å²) in [6, 6.07) is 6.60. The van der Waals surface area contributed by atoms with Crippen LogP contribution in [0.15, 0.2) is 24.3 Å². The molecule has 2 rings (SSSR count). The lowest BCUT2D eigenvalue weighted by Gasteiger charge is -2.43. The van der Waals surface area contributed by atoms with E-state index in [0.717, 1.165) is 6.54 Å². The Labute approximate surface area is 144 Å². The van der Waals surface area contributed by atoms with Gasteiger partial charge in [-0.3, -0.25) is 4.90 Å². The number of aryl methyl sites for hydroxylation is 1. The van der Waals surface area contributed by atoms with Crippen molar-refractivity contribution in [1.82, 2.24) is 9.21 Å². The molecule has 0 spiro atoms. The summed E-state index contributed by atoms with van der Waals surface area (Å²) in [5.41, 5.74) is 0.445. The molecule has 0 bridgehead atoms. The monoisotopic (exact) mass is 358 g/mol. The van der Waals surface area contributed by atoms with E-state index < -0.39 is 10.0 Å². The van der Waals surface area contributed by atoms with Crippen molar-refractivity contribution in [3.8, 4) is 0 Å². The zero-order valence-electron chi connectivity index (χ0n) is 14.6. The SMILES string of the molecule is COCCN1C(C)CN(S(=O)(=O)CCc2ccccc2F)CC1C. The first-order valence-electron chi connectivity index (χ1n) is 8.31. The average molecular weight is 358 g/mol. The molecule has 0 N–H and O–H groups in total. The second-order valence-corrected chi connectivity index (χ2v) is 8.49. The van der Waals surface area contributed by atoms with Crippen LogP contribution in [0.5, 0.6) is 0 Å². The minimum atomic E-state index is -3.40. The maximum Gasteiger partial charge on any atom is 0.214 e. The standard InChI is InChI=1S/C17H27FN2O3S/c1-14-12-19(13-15(2)20(14)9-10-23-3)24(21,22)11-8-16-6-4-5-7-17(16)18/h4-7,14-15H,8-13H2,1-3H3. The van der Waals surface area contributed by atoms with Gasteiger partial charge in [0, 0.05) is 38.8 Å². The number of nitrogens with zero attached hydrogens (tertiary/aromatic N) is 2. The highest BCUT2D eigenvalue weighted by Gasteiger charge is 2.34. The maximum atomic E-state index is 13.7. The minimum absolute atomic E-state index is 0.0640. The van der Waals surface area contributed by atoms with E-state index in [1.54, 1.807) is 29.6 Å². The number of hydrogen-bond donors (Lipinski definition) is 0. The Bertz CT molecular complexity index is 626. The molecule has 0 saturated carbocycles. The van der Waals surface area contributed by atoms with Gasteiger partial charge in [0.1, 0.15) is 5.82 Å². The van der Waals surface area contributed by atoms with Crippen LogP contribution in [-0.4, -0.2) is 68.8 Å². The van der Waals surface area contributed by atoms with Crippen molar-refractivity contribution in [3.05, 3.63) is 35.6 Å². The molecule has 1 saturated heterocycles. The van der Waals surface area contributed by atoms with Crippen molar-refractivity contribution in [2.75, 3.05) is 39.1 Å². The molecule has 0 aliphatic carbocycles. The van der Waals surface area contributed by atoms with Crippen LogP contribution in [0.1, 0.15) is 19.4 Å². The van der Waals surface area contributed by atoms with E-state index in [9.17, 15) is 12.8 Å². The van der Waals surface area contributed by atoms with E-state index in [4.69, 9.17) is 4.74 Å². The highest BCUT2D eigenvalue weighted by Crippen LogP contribution is 2.19. The Kier molecular flexibility index (Phi) is 6.74. The zero-order valence-corrected chi connectivity index (χ0v) is 15.4. The smallest absolute Gasteiger partial charge is 0.214 e. The zero-order chi connectivity index (χ0) is 17.7. The molecule has 2 atom stereocenters. The molecule has 2 unspecified atom stereocenters. The summed E-state index contributed by atoms with van der Waals surface area (Å²) in [5.74, 6) is -0.412. The van der Waals surface area contributed by atoms with Crippen molar-refractivity contribution < 1.29 is 17.5 Å². The molecular formula is C17H27FN2O3S. The summed E-state index contributed by atoms with van der Waals surface area (Å²) >= 11 is 0. The number of hydrogen-bond acceptors (Lipinski definition) is 4. The van der Waals surface area contributed by atoms with Crippen molar-refractivity contribution in [2.24, 2.45) is 0 Å². The molecule has 1 aliphatic rings. The number of piperazine rings is 1. The Balaban J connectivity index is 1.99. The Hall–Kier alpha value is -1.02. The molecule has 1 fully saturated rings. The normalized spacial score (nSPS) is 23.5. The number of sulfonamides is 1. The molecule has 0 radical (unpaired) electrons. The third kappa shape index (κ3) is 4.75. The van der Waals surface area contributed by atoms with Crippen LogP contribution in [0.2, 0.25) is 0 Å². The fraction of sp³-hybridized carbons (Fsp3) is 0.647. The van der Waals surface area contributed by atoms with Crippen LogP contribution >= 0.6 is 0 Å². The topological polar surface area (TPSA) is 49.9 Å². The van der Waals surface area contributed by atoms with Crippen molar-refractivity contribution in [3.63, 3.8) is 0 Å². The van der Waals surface area contributed by atoms with Crippen LogP contribution < -0.4 is 0 Å². The average Bonchev–Trinajstić information content (AvgIpc) is 2.53. The Morgan fingerprint density at radius 1 is 1.21 bits per heavy atom. The maximum absolute atomic E-state index is 13.7. The summed E-state index contributed by atoms with van der Waals surface area (Å²) < 4.78 is 45.6. The van der Waals surface area contributed by atoms with E-state index in [-0.39, 0.29) is 30.1 Å². The predicted molar refractivity (Wildman–Crippen MR) is 93.0 cm³/mol. The van der Waals surface area contributed by atoms with Gasteiger partial charge < -0.3 is 4.74 Å². The van der Waals surface area contributed by atoms with Gasteiger partial charge in [0.25, 0.3) is 0 Å². The van der Waals surface area contributed by atoms with Crippen LogP contribution in [-0.2, 0) is 21.2 Å². The van der Waals surface area contributed by atoms with Crippen molar-refractivity contribution in [1.29, 1.82) is 0 Å². The molecule has 136 valence electrons. The fourth-order valence-electron chi connectivity index (χ4n) is 3.24. The second-order valence-electron chi connectivity index (χ2n) is 6.40. The lowest BCUT2D eigenvalue weighted by molar-refractivity contribution is 0.0496. The first-order chi connectivity index (χ1) is 11.3. The molecule has 1 aliphatic heterocycles. The van der Waals surface area contributed by atoms with Gasteiger partial charge in [-0.05, 0) is 31.9 Å². The first-order valence-corrected chi connectivity index (χ1v) is 9.92. The van der Waals surface area contributed by atoms with Gasteiger partial charge in [0.2, 0.25) is 10.0 Å². The van der Waals surface area contributed by atoms with Gasteiger partial charge in [-0.2, -0.15) is 4.31 Å². The molecule has 0 aromatic heterocycles. The van der Waals surface area contributed by atoms with Gasteiger partial charge in [-0.25, -0.2) is 12.8 Å². The number of halogens is 1. The van der Waals surface area contributed by atoms with E-state index >= 15 is 0 Å². The minimum Gasteiger partial charge on any atom is -0.383 e. The summed E-state index contributed by atoms with van der Waals surface area (Å²) in [6.45, 7) is 6.42. The first kappa shape index (κ1) is 19.3. The highest BCUT2D eigenvalue weighted by atomic mass is 32.2. The van der Waals surface area contributed by atoms with Crippen LogP contribution in [0, 0.1) is 5.82 Å². The lowest BCUT2D eigenvalue weighted by Crippen LogP contribution is -2.58. The molecule has 7 heteroatoms. The molecule has 5 nitrogen and oxygen atoms in total. The fourth-order valence-corrected chi connectivity index (χ4v) is 4.86. The van der Waals surface area contributed by atoms with Crippen molar-refractivity contribution in [2.45, 2.75) is 32.4 Å². The summed E-state index contributed by atoms with van der Waals surface area (Å²) in [7, 11) is -1.73. The highest BCUT2D eigenvalue weighted by molar-refractivity contribution is 7.89. The molecule has 1 heterocycles. The molecule has 24 heavy (non-hydrogen) atoms. The third-order valence-electron chi connectivity index (χ3n) is 4.60. The summed E-state index contributed by atoms with van der Waals surface area (Å²) in [6.07, 6.45) is 0.196. The largest absolute Gasteiger partial charge is 0.383 e.